The monoisotopic (exact) mass is 259 g/mol. The molecule has 2 rings (SSSR count). The molecule has 4 heteroatoms. The molecule has 0 unspecified atom stereocenters. The Bertz CT molecular complexity index is 481. The predicted molar refractivity (Wildman–Crippen MR) is 71.6 cm³/mol. The zero-order valence-corrected chi connectivity index (χ0v) is 10.6. The first kappa shape index (κ1) is 13.3. The molecule has 0 aliphatic heterocycles. The van der Waals surface area contributed by atoms with Gasteiger partial charge in [-0.1, -0.05) is 42.5 Å². The summed E-state index contributed by atoms with van der Waals surface area (Å²) in [7, 11) is 0. The van der Waals surface area contributed by atoms with Crippen molar-refractivity contribution in [1.29, 1.82) is 0 Å². The molecule has 0 saturated heterocycles. The number of aliphatic carboxylic acids is 1. The van der Waals surface area contributed by atoms with Crippen molar-refractivity contribution in [2.75, 3.05) is 0 Å². The number of nitrogens with one attached hydrogen (secondary N) is 1. The number of hydrogen-bond acceptors (Lipinski definition) is 2. The molecule has 100 valence electrons. The molecule has 1 amide bonds. The number of carboxylic acids is 1. The van der Waals surface area contributed by atoms with Crippen LogP contribution < -0.4 is 5.32 Å². The summed E-state index contributed by atoms with van der Waals surface area (Å²) in [6.45, 7) is 0. The van der Waals surface area contributed by atoms with Gasteiger partial charge < -0.3 is 10.4 Å². The van der Waals surface area contributed by atoms with E-state index in [9.17, 15) is 9.59 Å². The molecule has 19 heavy (non-hydrogen) atoms. The number of carbonyl (C=O) groups excluding carboxylic acids is 1. The maximum absolute atomic E-state index is 11.9. The average Bonchev–Trinajstić information content (AvgIpc) is 2.40. The highest BCUT2D eigenvalue weighted by Crippen LogP contribution is 2.18. The third-order valence-corrected chi connectivity index (χ3v) is 3.23. The fourth-order valence-electron chi connectivity index (χ4n) is 2.24. The second-order valence-electron chi connectivity index (χ2n) is 4.77. The molecule has 0 aromatic heterocycles. The highest BCUT2D eigenvalue weighted by Gasteiger charge is 2.24. The van der Waals surface area contributed by atoms with Crippen LogP contribution in [0.3, 0.4) is 0 Å². The van der Waals surface area contributed by atoms with Gasteiger partial charge in [-0.3, -0.25) is 9.59 Å². The number of rotatable bonds is 4. The molecule has 0 radical (unpaired) electrons. The molecule has 2 atom stereocenters. The van der Waals surface area contributed by atoms with Crippen LogP contribution >= 0.6 is 0 Å². The van der Waals surface area contributed by atoms with Gasteiger partial charge in [-0.2, -0.15) is 0 Å². The van der Waals surface area contributed by atoms with Gasteiger partial charge in [0, 0.05) is 6.04 Å². The third kappa shape index (κ3) is 3.95. The van der Waals surface area contributed by atoms with Crippen molar-refractivity contribution in [3.05, 3.63) is 48.0 Å². The van der Waals surface area contributed by atoms with E-state index in [4.69, 9.17) is 5.11 Å². The molecule has 2 N–H and O–H groups in total. The summed E-state index contributed by atoms with van der Waals surface area (Å²) in [5.41, 5.74) is 0.953. The topological polar surface area (TPSA) is 66.4 Å². The van der Waals surface area contributed by atoms with Crippen LogP contribution in [0.5, 0.6) is 0 Å². The van der Waals surface area contributed by atoms with Crippen LogP contribution in [0.25, 0.3) is 0 Å². The maximum Gasteiger partial charge on any atom is 0.306 e. The van der Waals surface area contributed by atoms with Crippen molar-refractivity contribution in [1.82, 2.24) is 5.32 Å². The van der Waals surface area contributed by atoms with E-state index >= 15 is 0 Å². The van der Waals surface area contributed by atoms with E-state index in [1.165, 1.54) is 0 Å². The van der Waals surface area contributed by atoms with Gasteiger partial charge in [-0.15, -0.1) is 0 Å². The standard InChI is InChI=1S/C15H17NO3/c17-14(9-11-5-2-1-3-6-11)16-13-8-4-7-12(10-13)15(18)19/h1-6,8,12-13H,7,9-10H2,(H,16,17)(H,18,19)/t12-,13-/m1/s1. The first-order chi connectivity index (χ1) is 9.15. The second kappa shape index (κ2) is 6.18. The largest absolute Gasteiger partial charge is 0.481 e. The first-order valence-electron chi connectivity index (χ1n) is 6.38. The molecule has 4 nitrogen and oxygen atoms in total. The zero-order chi connectivity index (χ0) is 13.7. The summed E-state index contributed by atoms with van der Waals surface area (Å²) in [5.74, 6) is -1.27. The zero-order valence-electron chi connectivity index (χ0n) is 10.6. The normalized spacial score (nSPS) is 21.9. The van der Waals surface area contributed by atoms with Gasteiger partial charge in [0.1, 0.15) is 0 Å². The van der Waals surface area contributed by atoms with E-state index in [1.807, 2.05) is 42.5 Å². The first-order valence-corrected chi connectivity index (χ1v) is 6.38. The predicted octanol–water partition coefficient (Wildman–Crippen LogP) is 1.76. The molecule has 0 heterocycles. The van der Waals surface area contributed by atoms with E-state index in [-0.39, 0.29) is 11.9 Å². The fraction of sp³-hybridized carbons (Fsp3) is 0.333. The second-order valence-corrected chi connectivity index (χ2v) is 4.77. The number of carboxylic acid groups (broad SMARTS) is 1. The van der Waals surface area contributed by atoms with Crippen molar-refractivity contribution in [2.45, 2.75) is 25.3 Å². The molecule has 0 fully saturated rings. The Labute approximate surface area is 112 Å². The van der Waals surface area contributed by atoms with E-state index in [1.54, 1.807) is 0 Å². The van der Waals surface area contributed by atoms with Gasteiger partial charge >= 0.3 is 5.97 Å². The SMILES string of the molecule is O=C(Cc1ccccc1)N[C@@H]1C=CC[C@@H](C(=O)O)C1. The number of benzene rings is 1. The van der Waals surface area contributed by atoms with Crippen molar-refractivity contribution < 1.29 is 14.7 Å². The summed E-state index contributed by atoms with van der Waals surface area (Å²) in [4.78, 5) is 22.8. The molecule has 1 aromatic rings. The van der Waals surface area contributed by atoms with Crippen LogP contribution in [0.4, 0.5) is 0 Å². The Hall–Kier alpha value is -2.10. The van der Waals surface area contributed by atoms with Crippen molar-refractivity contribution >= 4 is 11.9 Å². The van der Waals surface area contributed by atoms with Gasteiger partial charge in [-0.05, 0) is 18.4 Å². The number of amides is 1. The Kier molecular flexibility index (Phi) is 4.34. The van der Waals surface area contributed by atoms with E-state index < -0.39 is 11.9 Å². The minimum Gasteiger partial charge on any atom is -0.481 e. The van der Waals surface area contributed by atoms with E-state index in [0.29, 0.717) is 19.3 Å². The minimum atomic E-state index is -0.799. The molecule has 0 saturated carbocycles. The van der Waals surface area contributed by atoms with E-state index in [2.05, 4.69) is 5.32 Å². The molecule has 1 aromatic carbocycles. The van der Waals surface area contributed by atoms with Gasteiger partial charge in [-0.25, -0.2) is 0 Å². The molecule has 1 aliphatic carbocycles. The molecular weight excluding hydrogens is 242 g/mol. The van der Waals surface area contributed by atoms with Crippen molar-refractivity contribution in [3.63, 3.8) is 0 Å². The van der Waals surface area contributed by atoms with Crippen LogP contribution in [-0.4, -0.2) is 23.0 Å². The fourth-order valence-corrected chi connectivity index (χ4v) is 2.24. The van der Waals surface area contributed by atoms with Gasteiger partial charge in [0.15, 0.2) is 0 Å². The van der Waals surface area contributed by atoms with Crippen LogP contribution in [0.15, 0.2) is 42.5 Å². The van der Waals surface area contributed by atoms with Crippen LogP contribution in [0.2, 0.25) is 0 Å². The Morgan fingerprint density at radius 3 is 2.68 bits per heavy atom. The lowest BCUT2D eigenvalue weighted by Crippen LogP contribution is -2.38. The summed E-state index contributed by atoms with van der Waals surface area (Å²) in [5, 5.41) is 11.8. The smallest absolute Gasteiger partial charge is 0.306 e. The number of carbonyl (C=O) groups is 2. The van der Waals surface area contributed by atoms with Gasteiger partial charge in [0.05, 0.1) is 12.3 Å². The highest BCUT2D eigenvalue weighted by molar-refractivity contribution is 5.79. The summed E-state index contributed by atoms with van der Waals surface area (Å²) < 4.78 is 0. The Morgan fingerprint density at radius 1 is 1.26 bits per heavy atom. The lowest BCUT2D eigenvalue weighted by Gasteiger charge is -2.22. The summed E-state index contributed by atoms with van der Waals surface area (Å²) in [6.07, 6.45) is 5.04. The summed E-state index contributed by atoms with van der Waals surface area (Å²) in [6, 6.07) is 9.31. The molecular formula is C15H17NO3. The van der Waals surface area contributed by atoms with Crippen LogP contribution in [0, 0.1) is 5.92 Å². The van der Waals surface area contributed by atoms with Crippen LogP contribution in [0.1, 0.15) is 18.4 Å². The number of hydrogen-bond donors (Lipinski definition) is 2. The van der Waals surface area contributed by atoms with Gasteiger partial charge in [0.25, 0.3) is 0 Å². The van der Waals surface area contributed by atoms with Crippen molar-refractivity contribution in [3.8, 4) is 0 Å². The number of allylic oxidation sites excluding steroid dienone is 1. The summed E-state index contributed by atoms with van der Waals surface area (Å²) >= 11 is 0. The highest BCUT2D eigenvalue weighted by atomic mass is 16.4. The Balaban J connectivity index is 1.87. The van der Waals surface area contributed by atoms with Gasteiger partial charge in [0.2, 0.25) is 5.91 Å². The third-order valence-electron chi connectivity index (χ3n) is 3.23. The molecule has 0 spiro atoms. The molecule has 1 aliphatic rings. The van der Waals surface area contributed by atoms with Crippen molar-refractivity contribution in [2.24, 2.45) is 5.92 Å². The quantitative estimate of drug-likeness (QED) is 0.810. The average molecular weight is 259 g/mol. The Morgan fingerprint density at radius 2 is 2.00 bits per heavy atom. The lowest BCUT2D eigenvalue weighted by atomic mass is 9.91. The minimum absolute atomic E-state index is 0.0770. The van der Waals surface area contributed by atoms with Crippen LogP contribution in [-0.2, 0) is 16.0 Å². The maximum atomic E-state index is 11.9. The van der Waals surface area contributed by atoms with E-state index in [0.717, 1.165) is 5.56 Å². The lowest BCUT2D eigenvalue weighted by molar-refractivity contribution is -0.142. The molecule has 0 bridgehead atoms.